The Hall–Kier alpha value is -1.75. The lowest BCUT2D eigenvalue weighted by atomic mass is 9.94. The summed E-state index contributed by atoms with van der Waals surface area (Å²) in [5.74, 6) is -5.26. The first kappa shape index (κ1) is 11.0. The van der Waals surface area contributed by atoms with Crippen LogP contribution in [0.1, 0.15) is 45.9 Å². The summed E-state index contributed by atoms with van der Waals surface area (Å²) >= 11 is 5.81. The fourth-order valence-electron chi connectivity index (χ4n) is 2.27. The highest BCUT2D eigenvalue weighted by Gasteiger charge is 2.31. The topological polar surface area (TPSA) is 9.23 Å². The van der Waals surface area contributed by atoms with Gasteiger partial charge in [0.25, 0.3) is 0 Å². The van der Waals surface area contributed by atoms with Crippen molar-refractivity contribution in [1.29, 1.82) is 0 Å². The molecule has 0 aliphatic rings. The number of ether oxygens (including phenoxy) is 1. The van der Waals surface area contributed by atoms with Gasteiger partial charge in [0.1, 0.15) is 11.6 Å². The molecule has 2 aromatic carbocycles. The van der Waals surface area contributed by atoms with E-state index in [0.717, 1.165) is 31.4 Å². The third-order valence-corrected chi connectivity index (χ3v) is 3.71. The molecule has 0 amide bonds. The molecule has 0 aromatic heterocycles. The summed E-state index contributed by atoms with van der Waals surface area (Å²) in [4.78, 5) is 0. The van der Waals surface area contributed by atoms with Crippen LogP contribution in [0.4, 0.5) is 17.6 Å². The van der Waals surface area contributed by atoms with Crippen LogP contribution in [0.3, 0.4) is 0 Å². The number of alkyl halides is 4. The Morgan fingerprint density at radius 3 is 2.46 bits per heavy atom. The van der Waals surface area contributed by atoms with E-state index < -0.39 is 42.7 Å². The van der Waals surface area contributed by atoms with E-state index in [9.17, 15) is 17.6 Å². The van der Waals surface area contributed by atoms with Crippen molar-refractivity contribution in [3.63, 3.8) is 0 Å². The van der Waals surface area contributed by atoms with Crippen molar-refractivity contribution in [2.45, 2.75) is 31.7 Å². The van der Waals surface area contributed by atoms with Crippen LogP contribution >= 0.6 is 11.6 Å². The first-order valence-corrected chi connectivity index (χ1v) is 7.17. The Labute approximate surface area is 153 Å². The highest BCUT2D eigenvalue weighted by Crippen LogP contribution is 2.39. The monoisotopic (exact) mass is 369 g/mol. The summed E-state index contributed by atoms with van der Waals surface area (Å²) in [6, 6.07) is 4.05. The predicted molar refractivity (Wildman–Crippen MR) is 87.0 cm³/mol. The van der Waals surface area contributed by atoms with Gasteiger partial charge < -0.3 is 4.74 Å². The number of halogens is 5. The molecule has 0 atom stereocenters. The number of rotatable bonds is 4. The van der Waals surface area contributed by atoms with Crippen LogP contribution in [0.2, 0.25) is 0 Å². The second-order valence-corrected chi connectivity index (χ2v) is 5.18. The summed E-state index contributed by atoms with van der Waals surface area (Å²) in [6.07, 6.45) is -4.66. The zero-order valence-corrected chi connectivity index (χ0v) is 13.1. The lowest BCUT2D eigenvalue weighted by Crippen LogP contribution is -2.06. The molecule has 0 fully saturated rings. The second kappa shape index (κ2) is 7.01. The molecule has 1 nitrogen and oxygen atoms in total. The number of hydrogen-bond acceptors (Lipinski definition) is 1. The quantitative estimate of drug-likeness (QED) is 0.345. The Morgan fingerprint density at radius 2 is 1.92 bits per heavy atom. The molecular weight excluding hydrogens is 346 g/mol. The minimum absolute atomic E-state index is 0.0364. The zero-order chi connectivity index (χ0) is 24.0. The van der Waals surface area contributed by atoms with E-state index in [1.165, 1.54) is 0 Å². The van der Waals surface area contributed by atoms with Crippen LogP contribution in [0.15, 0.2) is 30.3 Å². The van der Waals surface area contributed by atoms with Gasteiger partial charge in [-0.15, -0.1) is 11.6 Å². The molecule has 0 radical (unpaired) electrons. The average Bonchev–Trinajstić information content (AvgIpc) is 2.64. The van der Waals surface area contributed by atoms with E-state index in [2.05, 4.69) is 0 Å². The van der Waals surface area contributed by atoms with Crippen LogP contribution in [-0.2, 0) is 12.1 Å². The van der Waals surface area contributed by atoms with Crippen LogP contribution < -0.4 is 4.74 Å². The van der Waals surface area contributed by atoms with Gasteiger partial charge in [-0.3, -0.25) is 0 Å². The summed E-state index contributed by atoms with van der Waals surface area (Å²) in [5, 5.41) is 0. The Bertz CT molecular complexity index is 957. The molecule has 0 bridgehead atoms. The average molecular weight is 370 g/mol. The molecule has 130 valence electrons. The molecule has 2 aromatic rings. The number of hydrogen-bond donors (Lipinski definition) is 0. The highest BCUT2D eigenvalue weighted by atomic mass is 35.5. The van der Waals surface area contributed by atoms with Gasteiger partial charge in [0.15, 0.2) is 0 Å². The molecular formula is C18H17ClF4O. The van der Waals surface area contributed by atoms with E-state index >= 15 is 0 Å². The highest BCUT2D eigenvalue weighted by molar-refractivity contribution is 6.17. The number of methoxy groups -OCH3 is 1. The Kier molecular flexibility index (Phi) is 3.21. The molecule has 24 heavy (non-hydrogen) atoms. The zero-order valence-electron chi connectivity index (χ0n) is 19.4. The third-order valence-electron chi connectivity index (χ3n) is 3.43. The van der Waals surface area contributed by atoms with Gasteiger partial charge in [-0.2, -0.15) is 13.2 Å². The van der Waals surface area contributed by atoms with E-state index in [4.69, 9.17) is 25.9 Å². The van der Waals surface area contributed by atoms with Crippen molar-refractivity contribution in [2.24, 2.45) is 0 Å². The minimum Gasteiger partial charge on any atom is -0.496 e. The molecule has 0 N–H and O–H groups in total. The molecule has 0 heterocycles. The minimum atomic E-state index is -4.66. The van der Waals surface area contributed by atoms with Crippen molar-refractivity contribution < 1.29 is 31.9 Å². The number of benzene rings is 2. The molecule has 0 spiro atoms. The SMILES string of the molecule is [2H]C(c1cc(-c2ccc(C(F)(F)F)cc2CCl)c(OC)cc1F)([13C]([2H])([2H])[2H])[13C]([2H])([2H])[2H]. The van der Waals surface area contributed by atoms with Crippen molar-refractivity contribution >= 4 is 11.6 Å². The molecule has 2 rings (SSSR count). The van der Waals surface area contributed by atoms with Crippen LogP contribution in [0.5, 0.6) is 5.75 Å². The maximum Gasteiger partial charge on any atom is 0.416 e. The fourth-order valence-corrected chi connectivity index (χ4v) is 2.49. The first-order valence-electron chi connectivity index (χ1n) is 10.1. The molecule has 0 aliphatic carbocycles. The molecule has 0 unspecified atom stereocenters. The lowest BCUT2D eigenvalue weighted by molar-refractivity contribution is -0.137. The fraction of sp³-hybridized carbons (Fsp3) is 0.333. The van der Waals surface area contributed by atoms with E-state index in [-0.39, 0.29) is 28.3 Å². The van der Waals surface area contributed by atoms with Gasteiger partial charge in [0.2, 0.25) is 0 Å². The van der Waals surface area contributed by atoms with Crippen molar-refractivity contribution in [3.8, 4) is 16.9 Å². The van der Waals surface area contributed by atoms with Gasteiger partial charge in [-0.1, -0.05) is 19.8 Å². The van der Waals surface area contributed by atoms with Gasteiger partial charge >= 0.3 is 6.18 Å². The summed E-state index contributed by atoms with van der Waals surface area (Å²) in [5.41, 5.74) is -2.06. The largest absolute Gasteiger partial charge is 0.496 e. The predicted octanol–water partition coefficient (Wildman–Crippen LogP) is 6.38. The molecule has 0 saturated carbocycles. The van der Waals surface area contributed by atoms with Crippen molar-refractivity contribution in [1.82, 2.24) is 0 Å². The summed E-state index contributed by atoms with van der Waals surface area (Å²) in [7, 11) is 1.14. The van der Waals surface area contributed by atoms with E-state index in [1.54, 1.807) is 0 Å². The first-order chi connectivity index (χ1) is 14.0. The molecule has 0 saturated heterocycles. The Morgan fingerprint density at radius 1 is 1.21 bits per heavy atom. The van der Waals surface area contributed by atoms with Crippen molar-refractivity contribution in [2.75, 3.05) is 7.11 Å². The second-order valence-electron chi connectivity index (χ2n) is 4.91. The van der Waals surface area contributed by atoms with Crippen LogP contribution in [-0.4, -0.2) is 7.11 Å². The van der Waals surface area contributed by atoms with E-state index in [1.807, 2.05) is 0 Å². The maximum atomic E-state index is 14.8. The lowest BCUT2D eigenvalue weighted by Gasteiger charge is -2.17. The van der Waals surface area contributed by atoms with Crippen LogP contribution in [0.25, 0.3) is 11.1 Å². The molecule has 0 aliphatic heterocycles. The standard InChI is InChI=1S/C18H17ClF4O/c1-10(2)14-7-15(17(24-3)8-16(14)20)13-5-4-12(18(21,22)23)6-11(13)9-19/h4-8,10H,9H2,1-3H3/i1+1D3,2+1D3,10D. The maximum absolute atomic E-state index is 14.8. The summed E-state index contributed by atoms with van der Waals surface area (Å²) in [6.45, 7) is -6.92. The third kappa shape index (κ3) is 3.66. The van der Waals surface area contributed by atoms with Gasteiger partial charge in [0, 0.05) is 27.1 Å². The normalized spacial score (nSPS) is 17.7. The van der Waals surface area contributed by atoms with Crippen LogP contribution in [0, 0.1) is 5.82 Å². The van der Waals surface area contributed by atoms with Crippen molar-refractivity contribution in [3.05, 3.63) is 52.8 Å². The Balaban J connectivity index is 2.89. The molecule has 6 heteroatoms. The van der Waals surface area contributed by atoms with Gasteiger partial charge in [0.05, 0.1) is 12.7 Å². The smallest absolute Gasteiger partial charge is 0.416 e. The summed E-state index contributed by atoms with van der Waals surface area (Å²) < 4.78 is 113. The van der Waals surface area contributed by atoms with Gasteiger partial charge in [-0.05, 0) is 40.8 Å². The van der Waals surface area contributed by atoms with Gasteiger partial charge in [-0.25, -0.2) is 4.39 Å². The van der Waals surface area contributed by atoms with E-state index in [0.29, 0.717) is 6.07 Å².